The summed E-state index contributed by atoms with van der Waals surface area (Å²) in [6, 6.07) is 7.04. The van der Waals surface area contributed by atoms with Gasteiger partial charge in [0.2, 0.25) is 0 Å². The van der Waals surface area contributed by atoms with Crippen LogP contribution in [0, 0.1) is 4.78 Å². The molecule has 1 saturated heterocycles. The van der Waals surface area contributed by atoms with Crippen molar-refractivity contribution in [2.75, 3.05) is 6.26 Å². The minimum atomic E-state index is -2.67. The molecule has 0 spiro atoms. The zero-order valence-electron chi connectivity index (χ0n) is 12.0. The average molecular weight is 281 g/mol. The van der Waals surface area contributed by atoms with Crippen LogP contribution in [0.1, 0.15) is 27.7 Å². The lowest BCUT2D eigenvalue weighted by Crippen LogP contribution is -2.41. The normalized spacial score (nSPS) is 24.2. The van der Waals surface area contributed by atoms with Crippen molar-refractivity contribution in [1.29, 1.82) is 4.78 Å². The van der Waals surface area contributed by atoms with Gasteiger partial charge in [0.1, 0.15) is 0 Å². The van der Waals surface area contributed by atoms with E-state index < -0.39 is 16.8 Å². The molecule has 0 saturated carbocycles. The second-order valence-electron chi connectivity index (χ2n) is 6.00. The summed E-state index contributed by atoms with van der Waals surface area (Å²) in [5.74, 6) is 0. The smallest absolute Gasteiger partial charge is 0.399 e. The maximum atomic E-state index is 11.6. The number of nitrogens with one attached hydrogen (secondary N) is 1. The molecular formula is C13H20BNO3S. The van der Waals surface area contributed by atoms with E-state index in [4.69, 9.17) is 14.1 Å². The van der Waals surface area contributed by atoms with E-state index in [-0.39, 0.29) is 11.2 Å². The Labute approximate surface area is 115 Å². The molecule has 2 rings (SSSR count). The van der Waals surface area contributed by atoms with Crippen molar-refractivity contribution >= 4 is 22.3 Å². The van der Waals surface area contributed by atoms with E-state index in [9.17, 15) is 4.21 Å². The van der Waals surface area contributed by atoms with Gasteiger partial charge in [0.25, 0.3) is 0 Å². The molecule has 0 aliphatic carbocycles. The number of rotatable bonds is 2. The van der Waals surface area contributed by atoms with Crippen LogP contribution in [-0.4, -0.2) is 28.8 Å². The summed E-state index contributed by atoms with van der Waals surface area (Å²) in [5.41, 5.74) is 0.139. The molecule has 19 heavy (non-hydrogen) atoms. The van der Waals surface area contributed by atoms with Crippen molar-refractivity contribution in [3.05, 3.63) is 24.3 Å². The van der Waals surface area contributed by atoms with Crippen molar-refractivity contribution in [2.45, 2.75) is 43.8 Å². The third kappa shape index (κ3) is 2.71. The van der Waals surface area contributed by atoms with Crippen LogP contribution in [0.2, 0.25) is 0 Å². The van der Waals surface area contributed by atoms with Gasteiger partial charge in [-0.25, -0.2) is 8.99 Å². The molecule has 0 radical (unpaired) electrons. The molecule has 0 unspecified atom stereocenters. The molecule has 0 aromatic heterocycles. The molecule has 104 valence electrons. The number of hydrogen-bond acceptors (Lipinski definition) is 4. The van der Waals surface area contributed by atoms with E-state index in [2.05, 4.69) is 0 Å². The van der Waals surface area contributed by atoms with Crippen LogP contribution in [-0.2, 0) is 19.0 Å². The van der Waals surface area contributed by atoms with Gasteiger partial charge in [0.05, 0.1) is 20.9 Å². The Kier molecular flexibility index (Phi) is 3.32. The Balaban J connectivity index is 2.26. The van der Waals surface area contributed by atoms with Crippen molar-refractivity contribution in [1.82, 2.24) is 0 Å². The zero-order valence-corrected chi connectivity index (χ0v) is 12.8. The summed E-state index contributed by atoms with van der Waals surface area (Å²) in [6.45, 7) is 8.02. The fraction of sp³-hybridized carbons (Fsp3) is 0.538. The molecule has 1 fully saturated rings. The van der Waals surface area contributed by atoms with Gasteiger partial charge in [-0.15, -0.1) is 0 Å². The van der Waals surface area contributed by atoms with Gasteiger partial charge in [-0.3, -0.25) is 0 Å². The Morgan fingerprint density at radius 1 is 1.05 bits per heavy atom. The van der Waals surface area contributed by atoms with Gasteiger partial charge in [-0.2, -0.15) is 0 Å². The Hall–Kier alpha value is -0.845. The summed E-state index contributed by atoms with van der Waals surface area (Å²) in [4.78, 5) is 0.521. The highest BCUT2D eigenvalue weighted by atomic mass is 32.2. The second kappa shape index (κ2) is 4.33. The van der Waals surface area contributed by atoms with E-state index in [0.717, 1.165) is 5.46 Å². The van der Waals surface area contributed by atoms with E-state index in [1.165, 1.54) is 6.26 Å². The van der Waals surface area contributed by atoms with Crippen LogP contribution in [0.4, 0.5) is 0 Å². The van der Waals surface area contributed by atoms with Crippen molar-refractivity contribution in [3.8, 4) is 0 Å². The summed E-state index contributed by atoms with van der Waals surface area (Å²) < 4.78 is 31.0. The van der Waals surface area contributed by atoms with Gasteiger partial charge in [0.15, 0.2) is 0 Å². The van der Waals surface area contributed by atoms with Crippen LogP contribution in [0.15, 0.2) is 29.2 Å². The van der Waals surface area contributed by atoms with Gasteiger partial charge in [-0.1, -0.05) is 12.1 Å². The first-order valence-corrected chi connectivity index (χ1v) is 8.19. The largest absolute Gasteiger partial charge is 0.494 e. The fourth-order valence-corrected chi connectivity index (χ4v) is 2.52. The van der Waals surface area contributed by atoms with E-state index >= 15 is 0 Å². The highest BCUT2D eigenvalue weighted by Crippen LogP contribution is 2.36. The Bertz CT molecular complexity index is 562. The lowest BCUT2D eigenvalue weighted by atomic mass is 9.79. The maximum Gasteiger partial charge on any atom is 0.494 e. The van der Waals surface area contributed by atoms with E-state index in [1.807, 2.05) is 39.8 Å². The average Bonchev–Trinajstić information content (AvgIpc) is 2.47. The minimum Gasteiger partial charge on any atom is -0.399 e. The minimum absolute atomic E-state index is 0.371. The second-order valence-corrected chi connectivity index (χ2v) is 8.16. The topological polar surface area (TPSA) is 59.4 Å². The van der Waals surface area contributed by atoms with E-state index in [0.29, 0.717) is 4.90 Å². The first-order chi connectivity index (χ1) is 8.53. The number of hydrogen-bond donors (Lipinski definition) is 1. The molecule has 1 aromatic rings. The number of benzene rings is 1. The highest BCUT2D eigenvalue weighted by Gasteiger charge is 2.51. The lowest BCUT2D eigenvalue weighted by Gasteiger charge is -2.32. The van der Waals surface area contributed by atoms with Crippen molar-refractivity contribution in [2.24, 2.45) is 0 Å². The first kappa shape index (κ1) is 14.6. The molecule has 1 heterocycles. The molecule has 4 nitrogen and oxygen atoms in total. The summed E-state index contributed by atoms with van der Waals surface area (Å²) in [6.07, 6.45) is 1.41. The molecule has 1 aliphatic rings. The van der Waals surface area contributed by atoms with Crippen LogP contribution < -0.4 is 5.46 Å². The molecular weight excluding hydrogens is 261 g/mol. The molecule has 6 heteroatoms. The molecule has 1 N–H and O–H groups in total. The predicted molar refractivity (Wildman–Crippen MR) is 77.2 cm³/mol. The van der Waals surface area contributed by atoms with Crippen molar-refractivity contribution in [3.63, 3.8) is 0 Å². The summed E-state index contributed by atoms with van der Waals surface area (Å²) in [7, 11) is -3.09. The quantitative estimate of drug-likeness (QED) is 0.844. The highest BCUT2D eigenvalue weighted by molar-refractivity contribution is 7.91. The summed E-state index contributed by atoms with van der Waals surface area (Å²) in [5, 5.41) is 0. The van der Waals surface area contributed by atoms with Crippen LogP contribution in [0.5, 0.6) is 0 Å². The summed E-state index contributed by atoms with van der Waals surface area (Å²) >= 11 is 0. The Morgan fingerprint density at radius 3 is 1.84 bits per heavy atom. The van der Waals surface area contributed by atoms with Crippen LogP contribution in [0.3, 0.4) is 0 Å². The van der Waals surface area contributed by atoms with Gasteiger partial charge >= 0.3 is 7.12 Å². The van der Waals surface area contributed by atoms with Gasteiger partial charge < -0.3 is 9.31 Å². The maximum absolute atomic E-state index is 11.6. The molecule has 0 amide bonds. The van der Waals surface area contributed by atoms with Gasteiger partial charge in [-0.05, 0) is 45.3 Å². The Morgan fingerprint density at radius 2 is 1.47 bits per heavy atom. The third-order valence-electron chi connectivity index (χ3n) is 3.86. The standard InChI is InChI=1S/C13H20BNO3S/c1-12(2)13(3,4)18-14(17-12)10-6-8-11(9-7-10)19(5,15)16/h6-9,15H,1-5H3/t19-/m1/s1. The van der Waals surface area contributed by atoms with Crippen LogP contribution >= 0.6 is 0 Å². The lowest BCUT2D eigenvalue weighted by molar-refractivity contribution is 0.00578. The fourth-order valence-electron chi connectivity index (χ4n) is 1.86. The third-order valence-corrected chi connectivity index (χ3v) is 5.03. The molecule has 1 aromatic carbocycles. The van der Waals surface area contributed by atoms with Gasteiger partial charge in [0, 0.05) is 11.2 Å². The first-order valence-electron chi connectivity index (χ1n) is 6.22. The molecule has 1 atom stereocenters. The van der Waals surface area contributed by atoms with Crippen LogP contribution in [0.25, 0.3) is 0 Å². The monoisotopic (exact) mass is 281 g/mol. The van der Waals surface area contributed by atoms with Crippen molar-refractivity contribution < 1.29 is 13.5 Å². The zero-order chi connectivity index (χ0) is 14.5. The van der Waals surface area contributed by atoms with E-state index in [1.54, 1.807) is 12.1 Å². The molecule has 1 aliphatic heterocycles. The predicted octanol–water partition coefficient (Wildman–Crippen LogP) is 2.02. The molecule has 0 bridgehead atoms. The SMILES string of the molecule is CC1(C)OB(c2ccc([S@](C)(=N)=O)cc2)OC1(C)C.